The van der Waals surface area contributed by atoms with Gasteiger partial charge in [-0.05, 0) is 78.7 Å². The molecule has 1 amide bonds. The summed E-state index contributed by atoms with van der Waals surface area (Å²) in [5.74, 6) is -0.433. The second-order valence-electron chi connectivity index (χ2n) is 9.08. The van der Waals surface area contributed by atoms with Gasteiger partial charge in [-0.2, -0.15) is 0 Å². The molecule has 0 fully saturated rings. The first kappa shape index (κ1) is 30.7. The van der Waals surface area contributed by atoms with Gasteiger partial charge in [0.1, 0.15) is 0 Å². The van der Waals surface area contributed by atoms with E-state index in [-0.39, 0.29) is 27.2 Å². The standard InChI is InChI=1S/C28H24Cl3N3O5S2/c1-18-6-11-21(29)16-25(18)33-41(38,39)23-14-12-22(13-15-23)32-28(35)20-9-7-19(8-10-20)17-34(40(2,36)37)26-5-3-4-24(30)27(26)31/h3-16,33H,17H2,1-2H3,(H,32,35). The third kappa shape index (κ3) is 7.52. The maximum Gasteiger partial charge on any atom is 0.261 e. The minimum Gasteiger partial charge on any atom is -0.322 e. The van der Waals surface area contributed by atoms with Crippen LogP contribution in [0.2, 0.25) is 15.1 Å². The van der Waals surface area contributed by atoms with Crippen LogP contribution in [0.15, 0.2) is 89.8 Å². The van der Waals surface area contributed by atoms with Crippen LogP contribution in [0.3, 0.4) is 0 Å². The van der Waals surface area contributed by atoms with Crippen LogP contribution in [0.4, 0.5) is 17.1 Å². The van der Waals surface area contributed by atoms with Crippen LogP contribution in [-0.2, 0) is 26.6 Å². The predicted octanol–water partition coefficient (Wildman–Crippen LogP) is 6.97. The van der Waals surface area contributed by atoms with Gasteiger partial charge < -0.3 is 5.32 Å². The number of aryl methyl sites for hydroxylation is 1. The first-order valence-corrected chi connectivity index (χ1v) is 16.4. The third-order valence-corrected chi connectivity index (χ3v) is 9.56. The molecular weight excluding hydrogens is 629 g/mol. The fraction of sp³-hybridized carbons (Fsp3) is 0.107. The minimum atomic E-state index is -3.88. The van der Waals surface area contributed by atoms with Crippen LogP contribution < -0.4 is 14.3 Å². The topological polar surface area (TPSA) is 113 Å². The van der Waals surface area contributed by atoms with Gasteiger partial charge in [0.2, 0.25) is 10.0 Å². The Morgan fingerprint density at radius 3 is 2.15 bits per heavy atom. The molecule has 0 heterocycles. The summed E-state index contributed by atoms with van der Waals surface area (Å²) in [4.78, 5) is 12.8. The number of sulfonamides is 2. The molecule has 0 radical (unpaired) electrons. The molecule has 0 saturated carbocycles. The fourth-order valence-electron chi connectivity index (χ4n) is 3.82. The molecule has 8 nitrogen and oxygen atoms in total. The number of carbonyl (C=O) groups is 1. The zero-order valence-corrected chi connectivity index (χ0v) is 25.6. The van der Waals surface area contributed by atoms with E-state index in [0.29, 0.717) is 33.1 Å². The SMILES string of the molecule is Cc1ccc(Cl)cc1NS(=O)(=O)c1ccc(NC(=O)c2ccc(CN(c3cccc(Cl)c3Cl)S(C)(=O)=O)cc2)cc1. The van der Waals surface area contributed by atoms with Crippen molar-refractivity contribution < 1.29 is 21.6 Å². The highest BCUT2D eigenvalue weighted by Gasteiger charge is 2.22. The molecule has 0 aliphatic carbocycles. The number of benzene rings is 4. The van der Waals surface area contributed by atoms with E-state index >= 15 is 0 Å². The van der Waals surface area contributed by atoms with Crippen LogP contribution in [0.5, 0.6) is 0 Å². The fourth-order valence-corrected chi connectivity index (χ4v) is 6.46. The quantitative estimate of drug-likeness (QED) is 0.203. The monoisotopic (exact) mass is 651 g/mol. The van der Waals surface area contributed by atoms with Crippen molar-refractivity contribution in [3.05, 3.63) is 117 Å². The van der Waals surface area contributed by atoms with Crippen LogP contribution in [0.25, 0.3) is 0 Å². The van der Waals surface area contributed by atoms with Gasteiger partial charge >= 0.3 is 0 Å². The molecule has 13 heteroatoms. The molecular formula is C28H24Cl3N3O5S2. The predicted molar refractivity (Wildman–Crippen MR) is 165 cm³/mol. The second-order valence-corrected chi connectivity index (χ2v) is 13.9. The van der Waals surface area contributed by atoms with E-state index in [1.807, 2.05) is 0 Å². The van der Waals surface area contributed by atoms with Crippen LogP contribution in [-0.4, -0.2) is 29.0 Å². The Balaban J connectivity index is 1.45. The molecule has 0 saturated heterocycles. The molecule has 4 aromatic carbocycles. The number of hydrogen-bond acceptors (Lipinski definition) is 5. The van der Waals surface area contributed by atoms with Crippen LogP contribution >= 0.6 is 34.8 Å². The lowest BCUT2D eigenvalue weighted by molar-refractivity contribution is 0.102. The lowest BCUT2D eigenvalue weighted by Crippen LogP contribution is -2.29. The number of hydrogen-bond donors (Lipinski definition) is 2. The van der Waals surface area contributed by atoms with Crippen molar-refractivity contribution in [1.82, 2.24) is 0 Å². The van der Waals surface area contributed by atoms with Gasteiger partial charge in [0.05, 0.1) is 39.1 Å². The molecule has 214 valence electrons. The highest BCUT2D eigenvalue weighted by molar-refractivity contribution is 7.92. The average Bonchev–Trinajstić information content (AvgIpc) is 2.91. The molecule has 0 unspecified atom stereocenters. The van der Waals surface area contributed by atoms with Gasteiger partial charge in [0.15, 0.2) is 0 Å². The Morgan fingerprint density at radius 2 is 1.51 bits per heavy atom. The molecule has 4 rings (SSSR count). The smallest absolute Gasteiger partial charge is 0.261 e. The molecule has 0 bridgehead atoms. The summed E-state index contributed by atoms with van der Waals surface area (Å²) in [5.41, 5.74) is 2.64. The van der Waals surface area contributed by atoms with Crippen molar-refractivity contribution in [2.75, 3.05) is 20.6 Å². The highest BCUT2D eigenvalue weighted by Crippen LogP contribution is 2.34. The zero-order chi connectivity index (χ0) is 29.9. The van der Waals surface area contributed by atoms with Gasteiger partial charge in [-0.3, -0.25) is 13.8 Å². The average molecular weight is 653 g/mol. The number of nitrogens with one attached hydrogen (secondary N) is 2. The molecule has 0 atom stereocenters. The number of amides is 1. The summed E-state index contributed by atoms with van der Waals surface area (Å²) in [7, 11) is -7.59. The Kier molecular flexibility index (Phi) is 9.20. The Bertz CT molecular complexity index is 1810. The second kappa shape index (κ2) is 12.3. The zero-order valence-electron chi connectivity index (χ0n) is 21.7. The lowest BCUT2D eigenvalue weighted by Gasteiger charge is -2.24. The highest BCUT2D eigenvalue weighted by atomic mass is 35.5. The number of halogens is 3. The summed E-state index contributed by atoms with van der Waals surface area (Å²) >= 11 is 18.3. The molecule has 0 spiro atoms. The van der Waals surface area contributed by atoms with Crippen molar-refractivity contribution >= 4 is 77.8 Å². The maximum atomic E-state index is 12.8. The van der Waals surface area contributed by atoms with Gasteiger partial charge in [0.25, 0.3) is 15.9 Å². The van der Waals surface area contributed by atoms with E-state index < -0.39 is 26.0 Å². The number of nitrogens with zero attached hydrogens (tertiary/aromatic N) is 1. The van der Waals surface area contributed by atoms with E-state index in [4.69, 9.17) is 34.8 Å². The first-order chi connectivity index (χ1) is 19.2. The number of rotatable bonds is 9. The van der Waals surface area contributed by atoms with E-state index in [0.717, 1.165) is 10.6 Å². The van der Waals surface area contributed by atoms with Crippen molar-refractivity contribution in [1.29, 1.82) is 0 Å². The summed E-state index contributed by atoms with van der Waals surface area (Å²) < 4.78 is 54.3. The van der Waals surface area contributed by atoms with Crippen LogP contribution in [0.1, 0.15) is 21.5 Å². The Labute approximate surface area is 254 Å². The van der Waals surface area contributed by atoms with Crippen molar-refractivity contribution in [2.45, 2.75) is 18.4 Å². The van der Waals surface area contributed by atoms with E-state index in [2.05, 4.69) is 10.0 Å². The molecule has 0 aliphatic rings. The summed E-state index contributed by atoms with van der Waals surface area (Å²) in [6.07, 6.45) is 1.07. The number of anilines is 3. The normalized spacial score (nSPS) is 11.6. The van der Waals surface area contributed by atoms with Gasteiger partial charge in [-0.1, -0.05) is 59.1 Å². The summed E-state index contributed by atoms with van der Waals surface area (Å²) in [6, 6.07) is 21.7. The molecule has 41 heavy (non-hydrogen) atoms. The number of carbonyl (C=O) groups excluding carboxylic acids is 1. The van der Waals surface area contributed by atoms with Crippen LogP contribution in [0, 0.1) is 6.92 Å². The molecule has 2 N–H and O–H groups in total. The largest absolute Gasteiger partial charge is 0.322 e. The first-order valence-electron chi connectivity index (χ1n) is 12.0. The van der Waals surface area contributed by atoms with E-state index in [1.54, 1.807) is 61.5 Å². The van der Waals surface area contributed by atoms with Gasteiger partial charge in [-0.25, -0.2) is 16.8 Å². The van der Waals surface area contributed by atoms with Gasteiger partial charge in [0, 0.05) is 16.3 Å². The van der Waals surface area contributed by atoms with Crippen molar-refractivity contribution in [3.8, 4) is 0 Å². The lowest BCUT2D eigenvalue weighted by atomic mass is 10.1. The Hall–Kier alpha value is -3.28. The Morgan fingerprint density at radius 1 is 0.854 bits per heavy atom. The summed E-state index contributed by atoms with van der Waals surface area (Å²) in [6.45, 7) is 1.73. The molecule has 0 aliphatic heterocycles. The van der Waals surface area contributed by atoms with E-state index in [9.17, 15) is 21.6 Å². The van der Waals surface area contributed by atoms with Gasteiger partial charge in [-0.15, -0.1) is 0 Å². The summed E-state index contributed by atoms with van der Waals surface area (Å²) in [5, 5.41) is 3.46. The molecule has 0 aromatic heterocycles. The van der Waals surface area contributed by atoms with E-state index in [1.165, 1.54) is 30.3 Å². The third-order valence-electron chi connectivity index (χ3n) is 6.01. The molecule has 4 aromatic rings. The van der Waals surface area contributed by atoms with Crippen molar-refractivity contribution in [3.63, 3.8) is 0 Å². The maximum absolute atomic E-state index is 12.8. The minimum absolute atomic E-state index is 0.00876. The van der Waals surface area contributed by atoms with Crippen molar-refractivity contribution in [2.24, 2.45) is 0 Å².